The average molecular weight is 390 g/mol. The predicted molar refractivity (Wildman–Crippen MR) is 109 cm³/mol. The van der Waals surface area contributed by atoms with E-state index in [1.165, 1.54) is 0 Å². The fourth-order valence-electron chi connectivity index (χ4n) is 3.30. The number of aryl methyl sites for hydroxylation is 1. The highest BCUT2D eigenvalue weighted by Crippen LogP contribution is 2.32. The fraction of sp³-hybridized carbons (Fsp3) is 0.400. The predicted octanol–water partition coefficient (Wildman–Crippen LogP) is 2.86. The summed E-state index contributed by atoms with van der Waals surface area (Å²) in [6.45, 7) is 5.43. The number of benzene rings is 2. The molecule has 0 radical (unpaired) electrons. The molecule has 0 bridgehead atoms. The lowest BCUT2D eigenvalue weighted by molar-refractivity contribution is 0.412. The molecular weight excluding hydrogens is 362 g/mol. The van der Waals surface area contributed by atoms with E-state index in [4.69, 9.17) is 4.74 Å². The van der Waals surface area contributed by atoms with Crippen molar-refractivity contribution in [3.8, 4) is 5.75 Å². The zero-order valence-electron chi connectivity index (χ0n) is 15.9. The molecule has 1 saturated heterocycles. The first-order valence-corrected chi connectivity index (χ1v) is 10.8. The SMILES string of the molecule is CCCc1ccccc1NS(=O)(=O)c1ccc(OC)c(N2CCNCC2)c1. The molecule has 0 spiro atoms. The third-order valence-electron chi connectivity index (χ3n) is 4.70. The van der Waals surface area contributed by atoms with Crippen LogP contribution in [-0.2, 0) is 16.4 Å². The van der Waals surface area contributed by atoms with Crippen molar-refractivity contribution in [1.82, 2.24) is 5.32 Å². The minimum Gasteiger partial charge on any atom is -0.495 e. The summed E-state index contributed by atoms with van der Waals surface area (Å²) in [5, 5.41) is 3.30. The molecule has 1 aliphatic heterocycles. The third-order valence-corrected chi connectivity index (χ3v) is 6.06. The Morgan fingerprint density at radius 3 is 2.59 bits per heavy atom. The van der Waals surface area contributed by atoms with Crippen molar-refractivity contribution >= 4 is 21.4 Å². The number of methoxy groups -OCH3 is 1. The van der Waals surface area contributed by atoms with E-state index in [9.17, 15) is 8.42 Å². The number of nitrogens with zero attached hydrogens (tertiary/aromatic N) is 1. The van der Waals surface area contributed by atoms with Crippen LogP contribution in [0.25, 0.3) is 0 Å². The molecule has 1 aliphatic rings. The Bertz CT molecular complexity index is 878. The van der Waals surface area contributed by atoms with E-state index < -0.39 is 10.0 Å². The van der Waals surface area contributed by atoms with Gasteiger partial charge in [-0.25, -0.2) is 8.42 Å². The van der Waals surface area contributed by atoms with Crippen molar-refractivity contribution in [2.24, 2.45) is 0 Å². The first kappa shape index (κ1) is 19.5. The van der Waals surface area contributed by atoms with Gasteiger partial charge in [0, 0.05) is 26.2 Å². The minimum atomic E-state index is -3.69. The highest BCUT2D eigenvalue weighted by atomic mass is 32.2. The first-order valence-electron chi connectivity index (χ1n) is 9.29. The van der Waals surface area contributed by atoms with Crippen molar-refractivity contribution in [3.05, 3.63) is 48.0 Å². The topological polar surface area (TPSA) is 70.7 Å². The molecule has 146 valence electrons. The van der Waals surface area contributed by atoms with Crippen LogP contribution in [0.5, 0.6) is 5.75 Å². The maximum absolute atomic E-state index is 13.0. The van der Waals surface area contributed by atoms with Crippen LogP contribution < -0.4 is 19.7 Å². The molecule has 6 nitrogen and oxygen atoms in total. The van der Waals surface area contributed by atoms with Gasteiger partial charge < -0.3 is 15.0 Å². The summed E-state index contributed by atoms with van der Waals surface area (Å²) in [6, 6.07) is 12.6. The lowest BCUT2D eigenvalue weighted by atomic mass is 10.1. The molecule has 0 amide bonds. The molecule has 2 aromatic carbocycles. The van der Waals surface area contributed by atoms with Crippen LogP contribution in [0.3, 0.4) is 0 Å². The van der Waals surface area contributed by atoms with Gasteiger partial charge >= 0.3 is 0 Å². The second kappa shape index (κ2) is 8.63. The number of anilines is 2. The van der Waals surface area contributed by atoms with Gasteiger partial charge in [-0.05, 0) is 36.2 Å². The summed E-state index contributed by atoms with van der Waals surface area (Å²) in [5.41, 5.74) is 2.45. The Morgan fingerprint density at radius 2 is 1.89 bits per heavy atom. The number of nitrogens with one attached hydrogen (secondary N) is 2. The first-order chi connectivity index (χ1) is 13.0. The summed E-state index contributed by atoms with van der Waals surface area (Å²) in [6.07, 6.45) is 1.78. The minimum absolute atomic E-state index is 0.239. The van der Waals surface area contributed by atoms with Crippen LogP contribution in [0.4, 0.5) is 11.4 Å². The van der Waals surface area contributed by atoms with E-state index in [0.717, 1.165) is 50.3 Å². The summed E-state index contributed by atoms with van der Waals surface area (Å²) >= 11 is 0. The van der Waals surface area contributed by atoms with E-state index in [2.05, 4.69) is 21.9 Å². The molecule has 27 heavy (non-hydrogen) atoms. The number of rotatable bonds is 7. The number of hydrogen-bond donors (Lipinski definition) is 2. The highest BCUT2D eigenvalue weighted by Gasteiger charge is 2.21. The Balaban J connectivity index is 1.92. The van der Waals surface area contributed by atoms with Gasteiger partial charge in [0.2, 0.25) is 0 Å². The van der Waals surface area contributed by atoms with Crippen LogP contribution in [0, 0.1) is 0 Å². The quantitative estimate of drug-likeness (QED) is 0.762. The van der Waals surface area contributed by atoms with Crippen LogP contribution in [0.15, 0.2) is 47.4 Å². The van der Waals surface area contributed by atoms with Crippen LogP contribution in [0.1, 0.15) is 18.9 Å². The lowest BCUT2D eigenvalue weighted by Gasteiger charge is -2.30. The van der Waals surface area contributed by atoms with Crippen molar-refractivity contribution in [2.45, 2.75) is 24.7 Å². The number of piperazine rings is 1. The monoisotopic (exact) mass is 389 g/mol. The van der Waals surface area contributed by atoms with Gasteiger partial charge in [0.25, 0.3) is 10.0 Å². The second-order valence-corrected chi connectivity index (χ2v) is 8.27. The molecule has 0 saturated carbocycles. The lowest BCUT2D eigenvalue weighted by Crippen LogP contribution is -2.43. The van der Waals surface area contributed by atoms with E-state index in [1.807, 2.05) is 24.3 Å². The number of sulfonamides is 1. The standard InChI is InChI=1S/C20H27N3O3S/c1-3-6-16-7-4-5-8-18(16)22-27(24,25)17-9-10-20(26-2)19(15-17)23-13-11-21-12-14-23/h4-5,7-10,15,21-22H,3,6,11-14H2,1-2H3. The van der Waals surface area contributed by atoms with Gasteiger partial charge in [-0.3, -0.25) is 4.72 Å². The average Bonchev–Trinajstić information content (AvgIpc) is 2.69. The van der Waals surface area contributed by atoms with Gasteiger partial charge in [0.1, 0.15) is 5.75 Å². The Labute approximate surface area is 161 Å². The van der Waals surface area contributed by atoms with Crippen molar-refractivity contribution in [2.75, 3.05) is 42.9 Å². The smallest absolute Gasteiger partial charge is 0.261 e. The number of ether oxygens (including phenoxy) is 1. The van der Waals surface area contributed by atoms with Crippen LogP contribution >= 0.6 is 0 Å². The maximum atomic E-state index is 13.0. The van der Waals surface area contributed by atoms with E-state index in [0.29, 0.717) is 11.4 Å². The summed E-state index contributed by atoms with van der Waals surface area (Å²) in [7, 11) is -2.08. The van der Waals surface area contributed by atoms with E-state index >= 15 is 0 Å². The van der Waals surface area contributed by atoms with Gasteiger partial charge in [0.15, 0.2) is 0 Å². The second-order valence-electron chi connectivity index (χ2n) is 6.58. The molecule has 0 unspecified atom stereocenters. The van der Waals surface area contributed by atoms with E-state index in [-0.39, 0.29) is 4.90 Å². The fourth-order valence-corrected chi connectivity index (χ4v) is 4.42. The zero-order chi connectivity index (χ0) is 19.3. The van der Waals surface area contributed by atoms with Crippen molar-refractivity contribution in [1.29, 1.82) is 0 Å². The molecule has 3 rings (SSSR count). The molecule has 1 fully saturated rings. The zero-order valence-corrected chi connectivity index (χ0v) is 16.7. The molecule has 1 heterocycles. The van der Waals surface area contributed by atoms with Crippen molar-refractivity contribution < 1.29 is 13.2 Å². The van der Waals surface area contributed by atoms with Gasteiger partial charge in [-0.1, -0.05) is 31.5 Å². The van der Waals surface area contributed by atoms with Crippen LogP contribution in [-0.4, -0.2) is 41.7 Å². The van der Waals surface area contributed by atoms with Crippen LogP contribution in [0.2, 0.25) is 0 Å². The summed E-state index contributed by atoms with van der Waals surface area (Å²) < 4.78 is 34.2. The largest absolute Gasteiger partial charge is 0.495 e. The normalized spacial score (nSPS) is 14.8. The van der Waals surface area contributed by atoms with Gasteiger partial charge in [-0.15, -0.1) is 0 Å². The van der Waals surface area contributed by atoms with Gasteiger partial charge in [0.05, 0.1) is 23.4 Å². The molecule has 2 aromatic rings. The summed E-state index contributed by atoms with van der Waals surface area (Å²) in [4.78, 5) is 2.39. The molecular formula is C20H27N3O3S. The Kier molecular flexibility index (Phi) is 6.23. The molecule has 0 aromatic heterocycles. The molecule has 2 N–H and O–H groups in total. The maximum Gasteiger partial charge on any atom is 0.261 e. The highest BCUT2D eigenvalue weighted by molar-refractivity contribution is 7.92. The molecule has 7 heteroatoms. The molecule has 0 aliphatic carbocycles. The Hall–Kier alpha value is -2.25. The third kappa shape index (κ3) is 4.54. The Morgan fingerprint density at radius 1 is 1.15 bits per heavy atom. The number of hydrogen-bond acceptors (Lipinski definition) is 5. The number of para-hydroxylation sites is 1. The van der Waals surface area contributed by atoms with Gasteiger partial charge in [-0.2, -0.15) is 0 Å². The molecule has 0 atom stereocenters. The summed E-state index contributed by atoms with van der Waals surface area (Å²) in [5.74, 6) is 0.683. The van der Waals surface area contributed by atoms with E-state index in [1.54, 1.807) is 25.3 Å². The van der Waals surface area contributed by atoms with Crippen molar-refractivity contribution in [3.63, 3.8) is 0 Å².